The summed E-state index contributed by atoms with van der Waals surface area (Å²) in [5, 5.41) is 5.62. The van der Waals surface area contributed by atoms with Crippen molar-refractivity contribution < 1.29 is 4.79 Å². The van der Waals surface area contributed by atoms with Gasteiger partial charge in [0.2, 0.25) is 5.91 Å². The van der Waals surface area contributed by atoms with Gasteiger partial charge in [-0.15, -0.1) is 11.3 Å². The lowest BCUT2D eigenvalue weighted by molar-refractivity contribution is -0.133. The van der Waals surface area contributed by atoms with Crippen LogP contribution in [0, 0.1) is 5.92 Å². The molecule has 1 aromatic heterocycles. The van der Waals surface area contributed by atoms with Gasteiger partial charge in [-0.3, -0.25) is 10.1 Å². The van der Waals surface area contributed by atoms with Crippen LogP contribution in [0.1, 0.15) is 38.2 Å². The summed E-state index contributed by atoms with van der Waals surface area (Å²) >= 11 is 3.56. The Morgan fingerprint density at radius 2 is 2.35 bits per heavy atom. The van der Waals surface area contributed by atoms with Crippen molar-refractivity contribution >= 4 is 29.0 Å². The van der Waals surface area contributed by atoms with Crippen molar-refractivity contribution in [1.29, 1.82) is 0 Å². The number of hydrogen-bond donors (Lipinski definition) is 1. The van der Waals surface area contributed by atoms with E-state index in [0.29, 0.717) is 5.92 Å². The van der Waals surface area contributed by atoms with E-state index in [2.05, 4.69) is 42.9 Å². The standard InChI is InChI=1S/C15H24N2OS2/c1-5-15(3)14(18)17(9-11(2)10-19-4)13(16-15)12-7-6-8-20-12/h6-8,11,13,16H,5,9-10H2,1-4H3. The van der Waals surface area contributed by atoms with Crippen molar-refractivity contribution in [3.05, 3.63) is 22.4 Å². The van der Waals surface area contributed by atoms with Crippen LogP contribution in [0.2, 0.25) is 0 Å². The van der Waals surface area contributed by atoms with Crippen LogP contribution >= 0.6 is 23.1 Å². The number of nitrogens with zero attached hydrogens (tertiary/aromatic N) is 1. The highest BCUT2D eigenvalue weighted by Gasteiger charge is 2.47. The van der Waals surface area contributed by atoms with Crippen molar-refractivity contribution in [3.8, 4) is 0 Å². The fraction of sp³-hybridized carbons (Fsp3) is 0.667. The molecule has 1 N–H and O–H groups in total. The van der Waals surface area contributed by atoms with Gasteiger partial charge in [-0.2, -0.15) is 11.8 Å². The Hall–Kier alpha value is -0.520. The normalized spacial score (nSPS) is 28.1. The molecule has 0 aromatic carbocycles. The van der Waals surface area contributed by atoms with Gasteiger partial charge in [0, 0.05) is 11.4 Å². The first kappa shape index (κ1) is 15.9. The minimum atomic E-state index is -0.423. The first-order chi connectivity index (χ1) is 9.51. The predicted octanol–water partition coefficient (Wildman–Crippen LogP) is 3.35. The van der Waals surface area contributed by atoms with E-state index in [1.165, 1.54) is 4.88 Å². The van der Waals surface area contributed by atoms with Crippen molar-refractivity contribution in [2.24, 2.45) is 5.92 Å². The van der Waals surface area contributed by atoms with Crippen molar-refractivity contribution in [1.82, 2.24) is 10.2 Å². The van der Waals surface area contributed by atoms with Crippen molar-refractivity contribution in [2.75, 3.05) is 18.6 Å². The fourth-order valence-electron chi connectivity index (χ4n) is 2.66. The number of hydrogen-bond acceptors (Lipinski definition) is 4. The van der Waals surface area contributed by atoms with E-state index in [0.717, 1.165) is 18.7 Å². The number of amides is 1. The summed E-state index contributed by atoms with van der Waals surface area (Å²) in [6.07, 6.45) is 2.98. The lowest BCUT2D eigenvalue weighted by Gasteiger charge is -2.26. The molecular formula is C15H24N2OS2. The highest BCUT2D eigenvalue weighted by atomic mass is 32.2. The van der Waals surface area contributed by atoms with Gasteiger partial charge in [-0.25, -0.2) is 0 Å². The molecular weight excluding hydrogens is 288 g/mol. The van der Waals surface area contributed by atoms with Crippen LogP contribution < -0.4 is 5.32 Å². The fourth-order valence-corrected chi connectivity index (χ4v) is 4.12. The van der Waals surface area contributed by atoms with Crippen molar-refractivity contribution in [3.63, 3.8) is 0 Å². The molecule has 1 aliphatic rings. The largest absolute Gasteiger partial charge is 0.320 e. The maximum atomic E-state index is 12.8. The maximum absolute atomic E-state index is 12.8. The second-order valence-corrected chi connectivity index (χ2v) is 7.66. The van der Waals surface area contributed by atoms with Gasteiger partial charge in [-0.1, -0.05) is 19.9 Å². The molecule has 5 heteroatoms. The molecule has 2 heterocycles. The van der Waals surface area contributed by atoms with Gasteiger partial charge in [0.25, 0.3) is 0 Å². The van der Waals surface area contributed by atoms with Crippen LogP contribution in [0.3, 0.4) is 0 Å². The average Bonchev–Trinajstić information content (AvgIpc) is 3.02. The average molecular weight is 313 g/mol. The summed E-state index contributed by atoms with van der Waals surface area (Å²) in [4.78, 5) is 16.0. The third kappa shape index (κ3) is 3.05. The summed E-state index contributed by atoms with van der Waals surface area (Å²) in [5.74, 6) is 1.84. The van der Waals surface area contributed by atoms with E-state index < -0.39 is 5.54 Å². The second kappa shape index (κ2) is 6.50. The molecule has 112 valence electrons. The molecule has 0 aliphatic carbocycles. The molecule has 1 amide bonds. The van der Waals surface area contributed by atoms with Crippen LogP contribution in [0.25, 0.3) is 0 Å². The van der Waals surface area contributed by atoms with Gasteiger partial charge >= 0.3 is 0 Å². The molecule has 1 aliphatic heterocycles. The highest BCUT2D eigenvalue weighted by molar-refractivity contribution is 7.98. The molecule has 0 radical (unpaired) electrons. The quantitative estimate of drug-likeness (QED) is 0.874. The number of carbonyl (C=O) groups is 1. The van der Waals surface area contributed by atoms with Gasteiger partial charge in [0.1, 0.15) is 6.17 Å². The van der Waals surface area contributed by atoms with Crippen LogP contribution in [0.15, 0.2) is 17.5 Å². The van der Waals surface area contributed by atoms with E-state index in [4.69, 9.17) is 0 Å². The van der Waals surface area contributed by atoms with Crippen LogP contribution in [-0.4, -0.2) is 34.9 Å². The second-order valence-electron chi connectivity index (χ2n) is 5.77. The molecule has 1 fully saturated rings. The summed E-state index contributed by atoms with van der Waals surface area (Å²) in [5.41, 5.74) is -0.423. The topological polar surface area (TPSA) is 32.3 Å². The van der Waals surface area contributed by atoms with Crippen LogP contribution in [-0.2, 0) is 4.79 Å². The summed E-state index contributed by atoms with van der Waals surface area (Å²) in [7, 11) is 0. The highest BCUT2D eigenvalue weighted by Crippen LogP contribution is 2.35. The number of nitrogens with one attached hydrogen (secondary N) is 1. The van der Waals surface area contributed by atoms with Crippen LogP contribution in [0.4, 0.5) is 0 Å². The summed E-state index contributed by atoms with van der Waals surface area (Å²) in [6, 6.07) is 4.17. The Morgan fingerprint density at radius 1 is 1.60 bits per heavy atom. The SMILES string of the molecule is CCC1(C)NC(c2cccs2)N(CC(C)CSC)C1=O. The zero-order valence-electron chi connectivity index (χ0n) is 12.7. The Kier molecular flexibility index (Phi) is 5.15. The molecule has 0 saturated carbocycles. The van der Waals surface area contributed by atoms with Gasteiger partial charge in [0.15, 0.2) is 0 Å². The Labute approximate surface area is 130 Å². The van der Waals surface area contributed by atoms with Crippen molar-refractivity contribution in [2.45, 2.75) is 38.9 Å². The molecule has 3 nitrogen and oxygen atoms in total. The smallest absolute Gasteiger partial charge is 0.244 e. The van der Waals surface area contributed by atoms with E-state index >= 15 is 0 Å². The molecule has 3 unspecified atom stereocenters. The molecule has 2 rings (SSSR count). The van der Waals surface area contributed by atoms with E-state index in [1.807, 2.05) is 23.6 Å². The monoisotopic (exact) mass is 312 g/mol. The minimum absolute atomic E-state index is 0.0387. The van der Waals surface area contributed by atoms with E-state index in [9.17, 15) is 4.79 Å². The summed E-state index contributed by atoms with van der Waals surface area (Å²) < 4.78 is 0. The summed E-state index contributed by atoms with van der Waals surface area (Å²) in [6.45, 7) is 7.14. The lowest BCUT2D eigenvalue weighted by Crippen LogP contribution is -2.43. The first-order valence-electron chi connectivity index (χ1n) is 7.13. The van der Waals surface area contributed by atoms with Gasteiger partial charge in [-0.05, 0) is 42.7 Å². The third-order valence-electron chi connectivity index (χ3n) is 3.98. The first-order valence-corrected chi connectivity index (χ1v) is 9.40. The number of carbonyl (C=O) groups excluding carboxylic acids is 1. The molecule has 3 atom stereocenters. The third-order valence-corrected chi connectivity index (χ3v) is 5.81. The molecule has 1 saturated heterocycles. The molecule has 0 bridgehead atoms. The number of thioether (sulfide) groups is 1. The van der Waals surface area contributed by atoms with Crippen LogP contribution in [0.5, 0.6) is 0 Å². The van der Waals surface area contributed by atoms with Gasteiger partial charge < -0.3 is 4.90 Å². The number of rotatable bonds is 6. The maximum Gasteiger partial charge on any atom is 0.244 e. The minimum Gasteiger partial charge on any atom is -0.320 e. The lowest BCUT2D eigenvalue weighted by atomic mass is 9.99. The molecule has 20 heavy (non-hydrogen) atoms. The van der Waals surface area contributed by atoms with E-state index in [-0.39, 0.29) is 12.1 Å². The number of thiophene rings is 1. The Morgan fingerprint density at radius 3 is 2.90 bits per heavy atom. The zero-order chi connectivity index (χ0) is 14.8. The molecule has 1 aromatic rings. The van der Waals surface area contributed by atoms with Gasteiger partial charge in [0.05, 0.1) is 5.54 Å². The zero-order valence-corrected chi connectivity index (χ0v) is 14.3. The Balaban J connectivity index is 2.22. The predicted molar refractivity (Wildman–Crippen MR) is 88.2 cm³/mol. The molecule has 0 spiro atoms. The van der Waals surface area contributed by atoms with E-state index in [1.54, 1.807) is 11.3 Å². The Bertz CT molecular complexity index is 449.